The standard InChI is InChI=1S/C74H88N10O22S2/c1-43-49(47-18-19-55(79-59(47)66(93)94)82-25-22-44-11-10-12-48(50(44)33-82)64(91)80-69-78-51-13-7-8-14-54(51)107-69)32-76-84(43)42-73-37-71(2)36-72(3,38-73)40-74(39-71,41-73)104-28-26-81(4)70(97)103-34-45-16-17-46(31-53(45)105-68-62(90)60(88)61(89)63(106-68)67(95)96)102-30-29-101-27-23-75-65(92)52(35-108(98,99)100)77-56(85)15-6-5-9-24-83-57(86)20-21-58(83)87/h7-8,10-14,16-21,31-32,52,60-63,68,88-90H,5-6,9,15,22-30,33-42H2,1-4H3,(H,75,92)(H,77,85)(H,93,94)(H,95,96)(H,78,80,91)(H,98,99,100)/t52-,60-,61-,62+,63-,68+,71?,72?,73?,74?/m0/s1. The van der Waals surface area contributed by atoms with Crippen molar-refractivity contribution >= 4 is 90.2 Å². The number of aromatic carboxylic acids is 1. The quantitative estimate of drug-likeness (QED) is 0.0141. The SMILES string of the molecule is Cc1c(-c2ccc(N3CCc4cccc(C(=O)Nc5nc6ccccc6s5)c4C3)nc2C(=O)O)cnn1CC12CC3(C)CC(C)(C1)CC(OCCN(C)C(=O)OCc1ccc(OCCOCCNC(=O)[C@H](CS(=O)(=O)O)NC(=O)CCCCCN4C(=O)C=CC4=O)cc1O[C@@H]1O[C@H](C(=O)O)[C@@H](O)[C@H](O)[C@H]1O)(C3)C2. The number of rotatable bonds is 33. The van der Waals surface area contributed by atoms with Gasteiger partial charge in [0.25, 0.3) is 27.8 Å². The van der Waals surface area contributed by atoms with Gasteiger partial charge in [-0.3, -0.25) is 43.4 Å². The zero-order chi connectivity index (χ0) is 77.0. The molecule has 0 radical (unpaired) electrons. The highest BCUT2D eigenvalue weighted by Gasteiger charge is 2.66. The third-order valence-corrected chi connectivity index (χ3v) is 22.5. The van der Waals surface area contributed by atoms with Gasteiger partial charge in [0.2, 0.25) is 18.1 Å². The maximum absolute atomic E-state index is 13.8. The van der Waals surface area contributed by atoms with Gasteiger partial charge in [0.05, 0.1) is 41.8 Å². The molecule has 9 N–H and O–H groups in total. The van der Waals surface area contributed by atoms with Crippen molar-refractivity contribution in [2.24, 2.45) is 16.2 Å². The van der Waals surface area contributed by atoms with Crippen molar-refractivity contribution in [2.75, 3.05) is 75.6 Å². The molecule has 8 atom stereocenters. The Labute approximate surface area is 625 Å². The number of carbonyl (C=O) groups is 8. The van der Waals surface area contributed by atoms with Crippen LogP contribution in [0.2, 0.25) is 0 Å². The summed E-state index contributed by atoms with van der Waals surface area (Å²) in [7, 11) is -3.17. The molecule has 6 heterocycles. The van der Waals surface area contributed by atoms with E-state index in [0.29, 0.717) is 73.0 Å². The lowest BCUT2D eigenvalue weighted by atomic mass is 9.39. The summed E-state index contributed by atoms with van der Waals surface area (Å²) in [5.74, 6) is -6.25. The fourth-order valence-electron chi connectivity index (χ4n) is 17.0. The number of likely N-dealkylation sites (N-methyl/N-ethyl adjacent to an activating group) is 1. The van der Waals surface area contributed by atoms with E-state index in [1.165, 1.54) is 34.4 Å². The van der Waals surface area contributed by atoms with Crippen molar-refractivity contribution in [3.63, 3.8) is 0 Å². The number of carbonyl (C=O) groups excluding carboxylic acids is 6. The summed E-state index contributed by atoms with van der Waals surface area (Å²) in [4.78, 5) is 116. The summed E-state index contributed by atoms with van der Waals surface area (Å²) in [5.41, 5.74) is 4.14. The number of pyridine rings is 1. The number of para-hydroxylation sites is 1. The van der Waals surface area contributed by atoms with Crippen molar-refractivity contribution in [3.05, 3.63) is 125 Å². The maximum Gasteiger partial charge on any atom is 0.409 e. The van der Waals surface area contributed by atoms with E-state index in [0.717, 1.165) is 82.6 Å². The second-order valence-corrected chi connectivity index (χ2v) is 32.2. The fourth-order valence-corrected chi connectivity index (χ4v) is 18.5. The lowest BCUT2D eigenvalue weighted by molar-refractivity contribution is -0.271. The predicted molar refractivity (Wildman–Crippen MR) is 387 cm³/mol. The van der Waals surface area contributed by atoms with Gasteiger partial charge in [-0.05, 0) is 135 Å². The van der Waals surface area contributed by atoms with E-state index in [-0.39, 0.29) is 97.4 Å². The number of aliphatic hydroxyl groups is 3. The zero-order valence-electron chi connectivity index (χ0n) is 60.1. The van der Waals surface area contributed by atoms with Crippen molar-refractivity contribution < 1.29 is 105 Å². The average molecular weight is 1530 g/mol. The average Bonchev–Trinajstić information content (AvgIpc) is 0.842. The van der Waals surface area contributed by atoms with Crippen LogP contribution in [0.5, 0.6) is 11.5 Å². The van der Waals surface area contributed by atoms with Crippen LogP contribution in [0.4, 0.5) is 15.7 Å². The third-order valence-electron chi connectivity index (χ3n) is 20.8. The first-order valence-corrected chi connectivity index (χ1v) is 38.1. The van der Waals surface area contributed by atoms with Crippen molar-refractivity contribution in [1.82, 2.24) is 40.2 Å². The summed E-state index contributed by atoms with van der Waals surface area (Å²) >= 11 is 1.40. The molecule has 4 bridgehead atoms. The summed E-state index contributed by atoms with van der Waals surface area (Å²) in [5, 5.41) is 65.6. The van der Waals surface area contributed by atoms with Gasteiger partial charge in [0.15, 0.2) is 16.9 Å². The molecular formula is C74H88N10O22S2. The van der Waals surface area contributed by atoms with E-state index >= 15 is 0 Å². The molecule has 4 saturated carbocycles. The highest BCUT2D eigenvalue weighted by molar-refractivity contribution is 7.85. The number of ether oxygens (including phenoxy) is 6. The molecule has 0 spiro atoms. The lowest BCUT2D eigenvalue weighted by Gasteiger charge is -2.69. The van der Waals surface area contributed by atoms with Gasteiger partial charge in [-0.2, -0.15) is 13.5 Å². The molecule has 4 aliphatic carbocycles. The summed E-state index contributed by atoms with van der Waals surface area (Å²) < 4.78 is 71.5. The summed E-state index contributed by atoms with van der Waals surface area (Å²) in [6.45, 7) is 7.53. The normalized spacial score (nSPS) is 24.5. The summed E-state index contributed by atoms with van der Waals surface area (Å²) in [6.07, 6.45) is 0.253. The number of carboxylic acids is 2. The molecule has 32 nitrogen and oxygen atoms in total. The van der Waals surface area contributed by atoms with Gasteiger partial charge < -0.3 is 74.4 Å². The van der Waals surface area contributed by atoms with Gasteiger partial charge >= 0.3 is 18.0 Å². The molecule has 3 aromatic carbocycles. The maximum atomic E-state index is 13.8. The van der Waals surface area contributed by atoms with Crippen LogP contribution >= 0.6 is 11.3 Å². The van der Waals surface area contributed by atoms with Crippen LogP contribution in [0.3, 0.4) is 0 Å². The molecule has 108 heavy (non-hydrogen) atoms. The van der Waals surface area contributed by atoms with Crippen molar-refractivity contribution in [1.29, 1.82) is 0 Å². The Morgan fingerprint density at radius 3 is 2.32 bits per heavy atom. The number of aromatic nitrogens is 4. The number of hydrogen-bond donors (Lipinski definition) is 9. The Morgan fingerprint density at radius 1 is 0.833 bits per heavy atom. The number of thiazole rings is 1. The number of unbranched alkanes of at least 4 members (excludes halogenated alkanes) is 2. The number of fused-ring (bicyclic) bond motifs is 2. The van der Waals surface area contributed by atoms with Gasteiger partial charge in [-0.25, -0.2) is 24.4 Å². The zero-order valence-corrected chi connectivity index (χ0v) is 61.7. The molecule has 6 aromatic rings. The van der Waals surface area contributed by atoms with Gasteiger partial charge in [0, 0.05) is 98.9 Å². The first-order valence-electron chi connectivity index (χ1n) is 35.7. The van der Waals surface area contributed by atoms with Crippen LogP contribution in [0.15, 0.2) is 91.1 Å². The number of nitrogens with one attached hydrogen (secondary N) is 3. The number of amides is 6. The topological polar surface area (TPSA) is 437 Å². The minimum Gasteiger partial charge on any atom is -0.491 e. The molecule has 578 valence electrons. The van der Waals surface area contributed by atoms with E-state index in [4.69, 9.17) is 38.5 Å². The molecular weight excluding hydrogens is 1440 g/mol. The van der Waals surface area contributed by atoms with Crippen LogP contribution in [-0.2, 0) is 79.2 Å². The Morgan fingerprint density at radius 2 is 1.59 bits per heavy atom. The minimum atomic E-state index is -4.73. The molecule has 13 rings (SSSR count). The van der Waals surface area contributed by atoms with E-state index in [1.54, 1.807) is 25.4 Å². The molecule has 7 aliphatic rings. The third kappa shape index (κ3) is 18.1. The van der Waals surface area contributed by atoms with E-state index in [2.05, 4.69) is 34.8 Å². The number of hydrogen-bond acceptors (Lipinski definition) is 24. The van der Waals surface area contributed by atoms with Crippen LogP contribution < -0.4 is 30.3 Å². The fraction of sp³-hybridized carbons (Fsp3) is 0.500. The molecule has 3 aromatic heterocycles. The Hall–Kier alpha value is -9.52. The van der Waals surface area contributed by atoms with Gasteiger partial charge in [0.1, 0.15) is 60.6 Å². The molecule has 6 amide bonds. The molecule has 2 unspecified atom stereocenters. The Balaban J connectivity index is 0.638. The molecule has 34 heteroatoms. The largest absolute Gasteiger partial charge is 0.491 e. The Kier molecular flexibility index (Phi) is 23.4. The van der Waals surface area contributed by atoms with Crippen LogP contribution in [0.1, 0.15) is 121 Å². The van der Waals surface area contributed by atoms with E-state index in [1.807, 2.05) is 59.0 Å². The second kappa shape index (κ2) is 32.3. The molecule has 3 aliphatic heterocycles. The first kappa shape index (κ1) is 78.1. The number of carboxylic acid groups (broad SMARTS) is 2. The molecule has 1 saturated heterocycles. The summed E-state index contributed by atoms with van der Waals surface area (Å²) in [6, 6.07) is 19.6. The smallest absolute Gasteiger partial charge is 0.409 e. The predicted octanol–water partition coefficient (Wildman–Crippen LogP) is 5.42. The number of anilines is 2. The van der Waals surface area contributed by atoms with Crippen molar-refractivity contribution in [2.45, 2.75) is 153 Å². The van der Waals surface area contributed by atoms with E-state index in [9.17, 15) is 76.9 Å². The molecule has 5 fully saturated rings. The van der Waals surface area contributed by atoms with Crippen LogP contribution in [-0.4, -0.2) is 223 Å². The van der Waals surface area contributed by atoms with Crippen LogP contribution in [0, 0.1) is 23.2 Å². The minimum absolute atomic E-state index is 0.0786. The number of imide groups is 1. The van der Waals surface area contributed by atoms with Crippen LogP contribution in [0.25, 0.3) is 21.3 Å². The lowest BCUT2D eigenvalue weighted by Crippen LogP contribution is -2.64. The Bertz CT molecular complexity index is 4520. The van der Waals surface area contributed by atoms with Gasteiger partial charge in [-0.1, -0.05) is 55.9 Å². The number of aliphatic hydroxyl groups excluding tert-OH is 3. The van der Waals surface area contributed by atoms with Gasteiger partial charge in [-0.15, -0.1) is 0 Å². The van der Waals surface area contributed by atoms with E-state index < -0.39 is 106 Å². The van der Waals surface area contributed by atoms with Crippen molar-refractivity contribution in [3.8, 4) is 22.6 Å². The second-order valence-electron chi connectivity index (χ2n) is 29.6. The number of benzene rings is 3. The number of nitrogens with zero attached hydrogens (tertiary/aromatic N) is 7. The highest BCUT2D eigenvalue weighted by atomic mass is 32.2. The monoisotopic (exact) mass is 1530 g/mol. The highest BCUT2D eigenvalue weighted by Crippen LogP contribution is 2.72. The first-order chi connectivity index (χ1) is 51.4. The number of aliphatic carboxylic acids is 1.